The molecule has 6 nitrogen and oxygen atoms in total. The molecule has 0 atom stereocenters. The van der Waals surface area contributed by atoms with Gasteiger partial charge in [-0.25, -0.2) is 0 Å². The van der Waals surface area contributed by atoms with Gasteiger partial charge in [-0.05, 0) is 23.8 Å². The second-order valence-electron chi connectivity index (χ2n) is 5.96. The Bertz CT molecular complexity index is 809. The van der Waals surface area contributed by atoms with Gasteiger partial charge in [0.05, 0.1) is 16.2 Å². The number of benzene rings is 2. The monoisotopic (exact) mass is 356 g/mol. The molecule has 1 aliphatic heterocycles. The Balaban J connectivity index is 1.65. The molecule has 0 N–H and O–H groups in total. The number of nitro groups is 1. The van der Waals surface area contributed by atoms with Gasteiger partial charge in [0.1, 0.15) is 6.07 Å². The normalized spacial score (nSPS) is 15.0. The van der Waals surface area contributed by atoms with Crippen LogP contribution in [0.1, 0.15) is 11.1 Å². The summed E-state index contributed by atoms with van der Waals surface area (Å²) in [6.45, 7) is 4.14. The highest BCUT2D eigenvalue weighted by Crippen LogP contribution is 2.26. The predicted octanol–water partition coefficient (Wildman–Crippen LogP) is 3.44. The van der Waals surface area contributed by atoms with E-state index in [1.54, 1.807) is 6.07 Å². The minimum atomic E-state index is -0.478. The zero-order chi connectivity index (χ0) is 17.8. The molecule has 7 heteroatoms. The van der Waals surface area contributed by atoms with E-state index in [9.17, 15) is 15.4 Å². The molecule has 0 amide bonds. The van der Waals surface area contributed by atoms with E-state index in [-0.39, 0.29) is 5.69 Å². The lowest BCUT2D eigenvalue weighted by molar-refractivity contribution is -0.384. The summed E-state index contributed by atoms with van der Waals surface area (Å²) in [5, 5.41) is 20.9. The molecule has 1 fully saturated rings. The van der Waals surface area contributed by atoms with E-state index in [0.29, 0.717) is 5.56 Å². The first-order chi connectivity index (χ1) is 12.1. The molecular formula is C18H17ClN4O2. The Morgan fingerprint density at radius 2 is 1.80 bits per heavy atom. The molecule has 0 unspecified atom stereocenters. The van der Waals surface area contributed by atoms with E-state index in [0.717, 1.165) is 43.4 Å². The van der Waals surface area contributed by atoms with E-state index < -0.39 is 4.92 Å². The summed E-state index contributed by atoms with van der Waals surface area (Å²) in [4.78, 5) is 14.8. The van der Waals surface area contributed by atoms with E-state index in [1.165, 1.54) is 17.7 Å². The predicted molar refractivity (Wildman–Crippen MR) is 96.8 cm³/mol. The van der Waals surface area contributed by atoms with Crippen molar-refractivity contribution in [2.45, 2.75) is 6.54 Å². The molecule has 0 saturated carbocycles. The van der Waals surface area contributed by atoms with Gasteiger partial charge < -0.3 is 4.90 Å². The molecule has 1 saturated heterocycles. The minimum Gasteiger partial charge on any atom is -0.368 e. The Morgan fingerprint density at radius 1 is 1.12 bits per heavy atom. The number of hydrogen-bond acceptors (Lipinski definition) is 5. The van der Waals surface area contributed by atoms with Gasteiger partial charge in [-0.1, -0.05) is 23.7 Å². The summed E-state index contributed by atoms with van der Waals surface area (Å²) in [7, 11) is 0. The van der Waals surface area contributed by atoms with Crippen LogP contribution in [0.4, 0.5) is 11.4 Å². The SMILES string of the molecule is N#Cc1cc([N+](=O)[O-])ccc1N1CCN(Cc2ccc(Cl)cc2)CC1. The zero-order valence-electron chi connectivity index (χ0n) is 13.6. The number of nitro benzene ring substituents is 1. The molecular weight excluding hydrogens is 340 g/mol. The van der Waals surface area contributed by atoms with Crippen LogP contribution in [0, 0.1) is 21.4 Å². The topological polar surface area (TPSA) is 73.4 Å². The van der Waals surface area contributed by atoms with Crippen molar-refractivity contribution in [1.29, 1.82) is 5.26 Å². The van der Waals surface area contributed by atoms with Crippen LogP contribution in [-0.2, 0) is 6.54 Å². The van der Waals surface area contributed by atoms with Gasteiger partial charge in [0.25, 0.3) is 5.69 Å². The number of halogens is 1. The average Bonchev–Trinajstić information content (AvgIpc) is 2.63. The van der Waals surface area contributed by atoms with E-state index in [2.05, 4.69) is 15.9 Å². The van der Waals surface area contributed by atoms with Crippen molar-refractivity contribution in [2.24, 2.45) is 0 Å². The third-order valence-corrected chi connectivity index (χ3v) is 4.60. The standard InChI is InChI=1S/C18H17ClN4O2/c19-16-3-1-14(2-4-16)13-21-7-9-22(10-8-21)18-6-5-17(23(24)25)11-15(18)12-20/h1-6,11H,7-10,13H2. The van der Waals surface area contributed by atoms with Crippen molar-refractivity contribution < 1.29 is 4.92 Å². The van der Waals surface area contributed by atoms with Gasteiger partial charge in [0.2, 0.25) is 0 Å². The van der Waals surface area contributed by atoms with Crippen LogP contribution in [0.3, 0.4) is 0 Å². The van der Waals surface area contributed by atoms with Crippen LogP contribution in [0.25, 0.3) is 0 Å². The summed E-state index contributed by atoms with van der Waals surface area (Å²) >= 11 is 5.91. The van der Waals surface area contributed by atoms with Crippen molar-refractivity contribution in [3.05, 3.63) is 68.7 Å². The van der Waals surface area contributed by atoms with Crippen molar-refractivity contribution in [3.8, 4) is 6.07 Å². The number of hydrogen-bond donors (Lipinski definition) is 0. The van der Waals surface area contributed by atoms with E-state index >= 15 is 0 Å². The van der Waals surface area contributed by atoms with Crippen molar-refractivity contribution in [1.82, 2.24) is 4.90 Å². The van der Waals surface area contributed by atoms with Crippen LogP contribution >= 0.6 is 11.6 Å². The van der Waals surface area contributed by atoms with Crippen molar-refractivity contribution >= 4 is 23.0 Å². The third-order valence-electron chi connectivity index (χ3n) is 4.34. The fraction of sp³-hybridized carbons (Fsp3) is 0.278. The molecule has 25 heavy (non-hydrogen) atoms. The van der Waals surface area contributed by atoms with Crippen LogP contribution in [0.15, 0.2) is 42.5 Å². The zero-order valence-corrected chi connectivity index (χ0v) is 14.3. The maximum atomic E-state index is 10.9. The fourth-order valence-electron chi connectivity index (χ4n) is 3.00. The lowest BCUT2D eigenvalue weighted by Gasteiger charge is -2.36. The second-order valence-corrected chi connectivity index (χ2v) is 6.40. The highest BCUT2D eigenvalue weighted by Gasteiger charge is 2.21. The first-order valence-electron chi connectivity index (χ1n) is 7.97. The number of piperazine rings is 1. The lowest BCUT2D eigenvalue weighted by atomic mass is 10.1. The Hall–Kier alpha value is -2.62. The van der Waals surface area contributed by atoms with E-state index in [4.69, 9.17) is 11.6 Å². The first-order valence-corrected chi connectivity index (χ1v) is 8.35. The summed E-state index contributed by atoms with van der Waals surface area (Å²) in [6, 6.07) is 14.4. The summed E-state index contributed by atoms with van der Waals surface area (Å²) in [6.07, 6.45) is 0. The molecule has 2 aromatic rings. The summed E-state index contributed by atoms with van der Waals surface area (Å²) in [5.41, 5.74) is 2.27. The molecule has 128 valence electrons. The van der Waals surface area contributed by atoms with Gasteiger partial charge >= 0.3 is 0 Å². The number of nitriles is 1. The number of non-ortho nitro benzene ring substituents is 1. The maximum absolute atomic E-state index is 10.9. The van der Waals surface area contributed by atoms with Crippen LogP contribution in [0.2, 0.25) is 5.02 Å². The quantitative estimate of drug-likeness (QED) is 0.619. The lowest BCUT2D eigenvalue weighted by Crippen LogP contribution is -2.46. The smallest absolute Gasteiger partial charge is 0.270 e. The Labute approximate surface area is 151 Å². The summed E-state index contributed by atoms with van der Waals surface area (Å²) < 4.78 is 0. The third kappa shape index (κ3) is 4.08. The molecule has 1 heterocycles. The van der Waals surface area contributed by atoms with Crippen molar-refractivity contribution in [3.63, 3.8) is 0 Å². The molecule has 2 aromatic carbocycles. The number of nitrogens with zero attached hydrogens (tertiary/aromatic N) is 4. The second kappa shape index (κ2) is 7.51. The van der Waals surface area contributed by atoms with Gasteiger partial charge in [0.15, 0.2) is 0 Å². The first kappa shape index (κ1) is 17.2. The van der Waals surface area contributed by atoms with Crippen molar-refractivity contribution in [2.75, 3.05) is 31.1 Å². The highest BCUT2D eigenvalue weighted by atomic mass is 35.5. The van der Waals surface area contributed by atoms with Gasteiger partial charge in [-0.2, -0.15) is 5.26 Å². The van der Waals surface area contributed by atoms with Crippen LogP contribution in [0.5, 0.6) is 0 Å². The van der Waals surface area contributed by atoms with Gasteiger partial charge in [-0.3, -0.25) is 15.0 Å². The molecule has 0 spiro atoms. The molecule has 0 bridgehead atoms. The Kier molecular flexibility index (Phi) is 5.17. The van der Waals surface area contributed by atoms with Crippen LogP contribution < -0.4 is 4.90 Å². The largest absolute Gasteiger partial charge is 0.368 e. The molecule has 0 radical (unpaired) electrons. The Morgan fingerprint density at radius 3 is 2.40 bits per heavy atom. The average molecular weight is 357 g/mol. The summed E-state index contributed by atoms with van der Waals surface area (Å²) in [5.74, 6) is 0. The minimum absolute atomic E-state index is 0.0540. The molecule has 0 aromatic heterocycles. The van der Waals surface area contributed by atoms with Crippen LogP contribution in [-0.4, -0.2) is 36.0 Å². The fourth-order valence-corrected chi connectivity index (χ4v) is 3.12. The maximum Gasteiger partial charge on any atom is 0.270 e. The number of rotatable bonds is 4. The van der Waals surface area contributed by atoms with Gasteiger partial charge in [-0.15, -0.1) is 0 Å². The molecule has 3 rings (SSSR count). The number of anilines is 1. The molecule has 1 aliphatic rings. The van der Waals surface area contributed by atoms with Gasteiger partial charge in [0, 0.05) is 49.9 Å². The van der Waals surface area contributed by atoms with E-state index in [1.807, 2.05) is 24.3 Å². The highest BCUT2D eigenvalue weighted by molar-refractivity contribution is 6.30. The molecule has 0 aliphatic carbocycles.